The van der Waals surface area contributed by atoms with Gasteiger partial charge in [0, 0.05) is 24.8 Å². The van der Waals surface area contributed by atoms with Crippen molar-refractivity contribution >= 4 is 11.6 Å². The van der Waals surface area contributed by atoms with Gasteiger partial charge in [0.2, 0.25) is 0 Å². The van der Waals surface area contributed by atoms with Crippen LogP contribution in [-0.4, -0.2) is 55.9 Å². The van der Waals surface area contributed by atoms with Crippen LogP contribution in [0, 0.1) is 0 Å². The third-order valence-corrected chi connectivity index (χ3v) is 3.76. The van der Waals surface area contributed by atoms with E-state index in [0.29, 0.717) is 36.7 Å². The molecule has 0 aliphatic heterocycles. The molecule has 0 spiro atoms. The van der Waals surface area contributed by atoms with E-state index in [1.54, 1.807) is 42.6 Å². The lowest BCUT2D eigenvalue weighted by atomic mass is 10.1. The Morgan fingerprint density at radius 3 is 2.81 bits per heavy atom. The molecule has 1 aromatic carbocycles. The Kier molecular flexibility index (Phi) is 5.72. The van der Waals surface area contributed by atoms with Gasteiger partial charge >= 0.3 is 5.97 Å². The van der Waals surface area contributed by atoms with E-state index in [0.717, 1.165) is 5.56 Å². The molecule has 0 aliphatic rings. The summed E-state index contributed by atoms with van der Waals surface area (Å²) in [5, 5.41) is 33.2. The lowest BCUT2D eigenvalue weighted by molar-refractivity contribution is -0.136. The maximum atomic E-state index is 10.6. The summed E-state index contributed by atoms with van der Waals surface area (Å²) in [5.41, 5.74) is 2.06. The summed E-state index contributed by atoms with van der Waals surface area (Å²) >= 11 is 0. The average molecular weight is 357 g/mol. The molecule has 0 fully saturated rings. The Morgan fingerprint density at radius 1 is 1.23 bits per heavy atom. The van der Waals surface area contributed by atoms with Crippen LogP contribution in [0.3, 0.4) is 0 Å². The number of hydrogen-bond acceptors (Lipinski definition) is 7. The minimum atomic E-state index is -0.861. The molecule has 0 bridgehead atoms. The fourth-order valence-corrected chi connectivity index (χ4v) is 2.43. The van der Waals surface area contributed by atoms with E-state index in [4.69, 9.17) is 9.84 Å². The Morgan fingerprint density at radius 2 is 2.04 bits per heavy atom. The van der Waals surface area contributed by atoms with E-state index in [1.807, 2.05) is 0 Å². The highest BCUT2D eigenvalue weighted by molar-refractivity contribution is 5.70. The van der Waals surface area contributed by atoms with Crippen molar-refractivity contribution in [2.45, 2.75) is 12.5 Å². The molecule has 0 radical (unpaired) electrons. The SMILES string of the molecule is O=C(O)Cc1ccc(OCCNC[C@@H](O)c2ccc3nnnn3c2)cc1. The number of pyridine rings is 1. The van der Waals surface area contributed by atoms with Crippen molar-refractivity contribution in [1.29, 1.82) is 0 Å². The lowest BCUT2D eigenvalue weighted by Gasteiger charge is -2.13. The van der Waals surface area contributed by atoms with Crippen LogP contribution >= 0.6 is 0 Å². The predicted molar refractivity (Wildman–Crippen MR) is 91.9 cm³/mol. The highest BCUT2D eigenvalue weighted by Gasteiger charge is 2.09. The first-order chi connectivity index (χ1) is 12.6. The molecule has 0 aliphatic carbocycles. The summed E-state index contributed by atoms with van der Waals surface area (Å²) in [5.74, 6) is -0.189. The van der Waals surface area contributed by atoms with Gasteiger partial charge in [-0.25, -0.2) is 4.52 Å². The first-order valence-electron chi connectivity index (χ1n) is 8.12. The van der Waals surface area contributed by atoms with E-state index < -0.39 is 12.1 Å². The average Bonchev–Trinajstić information content (AvgIpc) is 3.10. The molecule has 3 aromatic rings. The normalized spacial score (nSPS) is 12.2. The zero-order valence-electron chi connectivity index (χ0n) is 13.9. The molecule has 1 atom stereocenters. The summed E-state index contributed by atoms with van der Waals surface area (Å²) in [7, 11) is 0. The number of hydrogen-bond donors (Lipinski definition) is 3. The van der Waals surface area contributed by atoms with Crippen molar-refractivity contribution < 1.29 is 19.7 Å². The van der Waals surface area contributed by atoms with E-state index in [1.165, 1.54) is 4.52 Å². The van der Waals surface area contributed by atoms with Gasteiger partial charge in [0.15, 0.2) is 5.65 Å². The molecule has 0 saturated heterocycles. The number of aromatic nitrogens is 4. The van der Waals surface area contributed by atoms with E-state index >= 15 is 0 Å². The summed E-state index contributed by atoms with van der Waals surface area (Å²) in [6, 6.07) is 10.5. The Hall–Kier alpha value is -3.04. The van der Waals surface area contributed by atoms with Gasteiger partial charge in [-0.15, -0.1) is 5.10 Å². The molecule has 9 nitrogen and oxygen atoms in total. The zero-order chi connectivity index (χ0) is 18.4. The predicted octanol–water partition coefficient (Wildman–Crippen LogP) is 0.453. The molecule has 0 amide bonds. The van der Waals surface area contributed by atoms with Crippen LogP contribution in [0.1, 0.15) is 17.2 Å². The van der Waals surface area contributed by atoms with Crippen molar-refractivity contribution in [3.8, 4) is 5.75 Å². The van der Waals surface area contributed by atoms with Gasteiger partial charge in [0.05, 0.1) is 12.5 Å². The number of carbonyl (C=O) groups is 1. The van der Waals surface area contributed by atoms with Gasteiger partial charge in [-0.05, 0) is 34.2 Å². The number of benzene rings is 1. The number of nitrogens with one attached hydrogen (secondary N) is 1. The zero-order valence-corrected chi connectivity index (χ0v) is 13.9. The highest BCUT2D eigenvalue weighted by atomic mass is 16.5. The van der Waals surface area contributed by atoms with Crippen molar-refractivity contribution in [3.63, 3.8) is 0 Å². The van der Waals surface area contributed by atoms with Crippen LogP contribution in [0.25, 0.3) is 5.65 Å². The number of ether oxygens (including phenoxy) is 1. The minimum Gasteiger partial charge on any atom is -0.492 e. The number of carboxylic acids is 1. The van der Waals surface area contributed by atoms with Gasteiger partial charge in [-0.2, -0.15) is 0 Å². The molecule has 0 saturated carbocycles. The van der Waals surface area contributed by atoms with Crippen molar-refractivity contribution in [2.75, 3.05) is 19.7 Å². The molecular formula is C17H19N5O4. The Labute approximate surface area is 149 Å². The first kappa shape index (κ1) is 17.8. The largest absolute Gasteiger partial charge is 0.492 e. The monoisotopic (exact) mass is 357 g/mol. The molecule has 136 valence electrons. The molecular weight excluding hydrogens is 338 g/mol. The molecule has 26 heavy (non-hydrogen) atoms. The number of aliphatic hydroxyl groups excluding tert-OH is 1. The fourth-order valence-electron chi connectivity index (χ4n) is 2.43. The number of rotatable bonds is 9. The number of aliphatic hydroxyl groups is 1. The van der Waals surface area contributed by atoms with E-state index in [9.17, 15) is 9.90 Å². The van der Waals surface area contributed by atoms with E-state index in [2.05, 4.69) is 20.8 Å². The topological polar surface area (TPSA) is 122 Å². The van der Waals surface area contributed by atoms with Crippen LogP contribution in [0.2, 0.25) is 0 Å². The molecule has 3 N–H and O–H groups in total. The van der Waals surface area contributed by atoms with Crippen LogP contribution in [0.4, 0.5) is 0 Å². The molecule has 3 rings (SSSR count). The number of nitrogens with zero attached hydrogens (tertiary/aromatic N) is 4. The Bertz CT molecular complexity index is 865. The first-order valence-corrected chi connectivity index (χ1v) is 8.12. The highest BCUT2D eigenvalue weighted by Crippen LogP contribution is 2.13. The summed E-state index contributed by atoms with van der Waals surface area (Å²) in [6.45, 7) is 1.35. The van der Waals surface area contributed by atoms with Gasteiger partial charge < -0.3 is 20.3 Å². The summed E-state index contributed by atoms with van der Waals surface area (Å²) in [6.07, 6.45) is 1.01. The summed E-state index contributed by atoms with van der Waals surface area (Å²) < 4.78 is 7.09. The fraction of sp³-hybridized carbons (Fsp3) is 0.294. The quantitative estimate of drug-likeness (QED) is 0.472. The third kappa shape index (κ3) is 4.74. The Balaban J connectivity index is 1.39. The summed E-state index contributed by atoms with van der Waals surface area (Å²) in [4.78, 5) is 10.6. The van der Waals surface area contributed by atoms with Gasteiger partial charge in [0.25, 0.3) is 0 Å². The molecule has 2 heterocycles. The molecule has 2 aromatic heterocycles. The van der Waals surface area contributed by atoms with Gasteiger partial charge in [-0.1, -0.05) is 18.2 Å². The lowest BCUT2D eigenvalue weighted by Crippen LogP contribution is -2.26. The second kappa shape index (κ2) is 8.37. The van der Waals surface area contributed by atoms with Crippen molar-refractivity contribution in [3.05, 3.63) is 53.7 Å². The molecule has 0 unspecified atom stereocenters. The van der Waals surface area contributed by atoms with Gasteiger partial charge in [0.1, 0.15) is 12.4 Å². The third-order valence-electron chi connectivity index (χ3n) is 3.76. The van der Waals surface area contributed by atoms with Crippen LogP contribution in [0.5, 0.6) is 5.75 Å². The van der Waals surface area contributed by atoms with Crippen LogP contribution in [-0.2, 0) is 11.2 Å². The van der Waals surface area contributed by atoms with Crippen molar-refractivity contribution in [2.24, 2.45) is 0 Å². The number of fused-ring (bicyclic) bond motifs is 1. The maximum Gasteiger partial charge on any atom is 0.307 e. The second-order valence-electron chi connectivity index (χ2n) is 5.73. The van der Waals surface area contributed by atoms with E-state index in [-0.39, 0.29) is 6.42 Å². The van der Waals surface area contributed by atoms with Crippen LogP contribution < -0.4 is 10.1 Å². The van der Waals surface area contributed by atoms with Crippen molar-refractivity contribution in [1.82, 2.24) is 25.4 Å². The number of tetrazole rings is 1. The number of carboxylic acid groups (broad SMARTS) is 1. The second-order valence-corrected chi connectivity index (χ2v) is 5.73. The number of aliphatic carboxylic acids is 1. The minimum absolute atomic E-state index is 0.00380. The standard InChI is InChI=1S/C17H19N5O4/c23-15(13-3-6-16-19-20-21-22(16)11-13)10-18-7-8-26-14-4-1-12(2-5-14)9-17(24)25/h1-6,11,15,18,23H,7-10H2,(H,24,25)/t15-/m1/s1. The maximum absolute atomic E-state index is 10.6. The molecule has 9 heteroatoms. The van der Waals surface area contributed by atoms with Crippen LogP contribution in [0.15, 0.2) is 42.6 Å². The van der Waals surface area contributed by atoms with Gasteiger partial charge in [-0.3, -0.25) is 4.79 Å². The smallest absolute Gasteiger partial charge is 0.307 e.